The number of phenols is 2. The number of hydrogen-bond acceptors (Lipinski definition) is 5. The summed E-state index contributed by atoms with van der Waals surface area (Å²) < 4.78 is 49.4. The van der Waals surface area contributed by atoms with Crippen molar-refractivity contribution in [2.75, 3.05) is 7.11 Å². The van der Waals surface area contributed by atoms with Crippen molar-refractivity contribution < 1.29 is 37.7 Å². The summed E-state index contributed by atoms with van der Waals surface area (Å²) in [6.07, 6.45) is -1.70. The summed E-state index contributed by atoms with van der Waals surface area (Å²) in [7, 11) is 1.45. The van der Waals surface area contributed by atoms with E-state index in [-0.39, 0.29) is 29.4 Å². The van der Waals surface area contributed by atoms with Crippen LogP contribution in [0.15, 0.2) is 66.7 Å². The van der Waals surface area contributed by atoms with Gasteiger partial charge in [-0.25, -0.2) is 0 Å². The maximum atomic E-state index is 12.9. The van der Waals surface area contributed by atoms with E-state index < -0.39 is 17.5 Å². The maximum Gasteiger partial charge on any atom is 0.416 e. The highest BCUT2D eigenvalue weighted by molar-refractivity contribution is 6.08. The molecule has 2 N–H and O–H groups in total. The van der Waals surface area contributed by atoms with Crippen LogP contribution < -0.4 is 9.47 Å². The van der Waals surface area contributed by atoms with Crippen LogP contribution in [0.4, 0.5) is 13.2 Å². The summed E-state index contributed by atoms with van der Waals surface area (Å²) in [6, 6.07) is 13.2. The lowest BCUT2D eigenvalue weighted by Gasteiger charge is -2.13. The number of methoxy groups -OCH3 is 1. The van der Waals surface area contributed by atoms with Gasteiger partial charge in [0.2, 0.25) is 0 Å². The van der Waals surface area contributed by atoms with E-state index >= 15 is 0 Å². The van der Waals surface area contributed by atoms with Gasteiger partial charge in [0.1, 0.15) is 29.6 Å². The lowest BCUT2D eigenvalue weighted by molar-refractivity contribution is -0.137. The number of carbonyl (C=O) groups is 1. The van der Waals surface area contributed by atoms with E-state index in [9.17, 15) is 28.2 Å². The average molecular weight is 444 g/mol. The fourth-order valence-corrected chi connectivity index (χ4v) is 2.93. The SMILES string of the molecule is COc1ccc(/C=C/C(=O)c2ccc(O)cc2O)cc1COc1cccc(C(F)(F)F)c1. The van der Waals surface area contributed by atoms with Crippen molar-refractivity contribution in [2.24, 2.45) is 0 Å². The molecule has 0 spiro atoms. The lowest BCUT2D eigenvalue weighted by Crippen LogP contribution is -2.05. The van der Waals surface area contributed by atoms with Crippen molar-refractivity contribution in [3.63, 3.8) is 0 Å². The molecule has 0 bridgehead atoms. The van der Waals surface area contributed by atoms with Gasteiger partial charge in [0.05, 0.1) is 18.2 Å². The molecule has 3 aromatic rings. The Morgan fingerprint density at radius 3 is 2.50 bits per heavy atom. The molecule has 0 saturated heterocycles. The third kappa shape index (κ3) is 5.60. The average Bonchev–Trinajstić information content (AvgIpc) is 2.75. The molecule has 166 valence electrons. The summed E-state index contributed by atoms with van der Waals surface area (Å²) in [5.74, 6) is -0.453. The molecular weight excluding hydrogens is 425 g/mol. The Hall–Kier alpha value is -3.94. The fourth-order valence-electron chi connectivity index (χ4n) is 2.93. The Morgan fingerprint density at radius 2 is 1.81 bits per heavy atom. The van der Waals surface area contributed by atoms with Crippen molar-refractivity contribution in [1.82, 2.24) is 0 Å². The van der Waals surface area contributed by atoms with Crippen LogP contribution in [0.25, 0.3) is 6.08 Å². The van der Waals surface area contributed by atoms with Gasteiger partial charge < -0.3 is 19.7 Å². The molecular formula is C24H19F3O5. The normalized spacial score (nSPS) is 11.5. The van der Waals surface area contributed by atoms with E-state index in [1.165, 1.54) is 43.5 Å². The maximum absolute atomic E-state index is 12.9. The second-order valence-corrected chi connectivity index (χ2v) is 6.78. The topological polar surface area (TPSA) is 76.0 Å². The Kier molecular flexibility index (Phi) is 6.73. The van der Waals surface area contributed by atoms with Crippen molar-refractivity contribution in [1.29, 1.82) is 0 Å². The van der Waals surface area contributed by atoms with Crippen LogP contribution in [-0.4, -0.2) is 23.1 Å². The van der Waals surface area contributed by atoms with Gasteiger partial charge in [-0.3, -0.25) is 4.79 Å². The zero-order chi connectivity index (χ0) is 23.3. The van der Waals surface area contributed by atoms with Crippen LogP contribution in [-0.2, 0) is 12.8 Å². The minimum absolute atomic E-state index is 0.0284. The molecule has 0 aliphatic rings. The standard InChI is InChI=1S/C24H19F3O5/c1-31-23-10-6-15(5-9-21(29)20-8-7-18(28)13-22(20)30)11-16(23)14-32-19-4-2-3-17(12-19)24(25,26)27/h2-13,28,30H,14H2,1H3/b9-5+. The zero-order valence-corrected chi connectivity index (χ0v) is 16.9. The molecule has 0 unspecified atom stereocenters. The third-order valence-electron chi connectivity index (χ3n) is 4.53. The van der Waals surface area contributed by atoms with Gasteiger partial charge in [0.15, 0.2) is 5.78 Å². The number of ketones is 1. The first kappa shape index (κ1) is 22.7. The highest BCUT2D eigenvalue weighted by Gasteiger charge is 2.30. The summed E-state index contributed by atoms with van der Waals surface area (Å²) in [6.45, 7) is -0.0567. The first-order chi connectivity index (χ1) is 15.2. The monoisotopic (exact) mass is 444 g/mol. The first-order valence-electron chi connectivity index (χ1n) is 9.39. The van der Waals surface area contributed by atoms with Crippen LogP contribution in [0.2, 0.25) is 0 Å². The fraction of sp³-hybridized carbons (Fsp3) is 0.125. The number of benzene rings is 3. The van der Waals surface area contributed by atoms with Crippen LogP contribution in [0.3, 0.4) is 0 Å². The number of halogens is 3. The molecule has 0 fully saturated rings. The van der Waals surface area contributed by atoms with Gasteiger partial charge in [-0.05, 0) is 54.1 Å². The Labute approximate surface area is 182 Å². The van der Waals surface area contributed by atoms with E-state index in [2.05, 4.69) is 0 Å². The number of rotatable bonds is 7. The first-order valence-corrected chi connectivity index (χ1v) is 9.39. The molecule has 0 atom stereocenters. The molecule has 3 aromatic carbocycles. The highest BCUT2D eigenvalue weighted by Crippen LogP contribution is 2.32. The van der Waals surface area contributed by atoms with Crippen molar-refractivity contribution in [2.45, 2.75) is 12.8 Å². The van der Waals surface area contributed by atoms with E-state index in [1.807, 2.05) is 0 Å². The van der Waals surface area contributed by atoms with Crippen LogP contribution in [0.1, 0.15) is 27.0 Å². The van der Waals surface area contributed by atoms with E-state index in [4.69, 9.17) is 9.47 Å². The Balaban J connectivity index is 1.77. The largest absolute Gasteiger partial charge is 0.508 e. The predicted octanol–water partition coefficient (Wildman–Crippen LogP) is 5.60. The number of hydrogen-bond donors (Lipinski definition) is 2. The van der Waals surface area contributed by atoms with Gasteiger partial charge in [-0.2, -0.15) is 13.2 Å². The zero-order valence-electron chi connectivity index (χ0n) is 16.9. The summed E-state index contributed by atoms with van der Waals surface area (Å²) in [5, 5.41) is 19.1. The van der Waals surface area contributed by atoms with Crippen LogP contribution >= 0.6 is 0 Å². The third-order valence-corrected chi connectivity index (χ3v) is 4.53. The molecule has 0 heterocycles. The van der Waals surface area contributed by atoms with Gasteiger partial charge in [-0.15, -0.1) is 0 Å². The van der Waals surface area contributed by atoms with Crippen molar-refractivity contribution in [3.05, 3.63) is 89.0 Å². The predicted molar refractivity (Wildman–Crippen MR) is 112 cm³/mol. The van der Waals surface area contributed by atoms with E-state index in [1.54, 1.807) is 18.2 Å². The van der Waals surface area contributed by atoms with Crippen LogP contribution in [0.5, 0.6) is 23.0 Å². The second kappa shape index (κ2) is 9.47. The van der Waals surface area contributed by atoms with Crippen molar-refractivity contribution in [3.8, 4) is 23.0 Å². The minimum atomic E-state index is -4.47. The van der Waals surface area contributed by atoms with Gasteiger partial charge >= 0.3 is 6.18 Å². The van der Waals surface area contributed by atoms with Crippen LogP contribution in [0, 0.1) is 0 Å². The summed E-state index contributed by atoms with van der Waals surface area (Å²) in [4.78, 5) is 12.3. The molecule has 0 radical (unpaired) electrons. The summed E-state index contributed by atoms with van der Waals surface area (Å²) >= 11 is 0. The second-order valence-electron chi connectivity index (χ2n) is 6.78. The number of aromatic hydroxyl groups is 2. The molecule has 0 aromatic heterocycles. The number of carbonyl (C=O) groups excluding carboxylic acids is 1. The molecule has 0 saturated carbocycles. The molecule has 0 aliphatic heterocycles. The Morgan fingerprint density at radius 1 is 1.03 bits per heavy atom. The number of phenolic OH excluding ortho intramolecular Hbond substituents is 2. The number of ether oxygens (including phenoxy) is 2. The number of allylic oxidation sites excluding steroid dienone is 1. The van der Waals surface area contributed by atoms with Gasteiger partial charge in [0.25, 0.3) is 0 Å². The van der Waals surface area contributed by atoms with Gasteiger partial charge in [-0.1, -0.05) is 18.2 Å². The highest BCUT2D eigenvalue weighted by atomic mass is 19.4. The lowest BCUT2D eigenvalue weighted by atomic mass is 10.1. The van der Waals surface area contributed by atoms with E-state index in [0.29, 0.717) is 16.9 Å². The molecule has 8 heteroatoms. The quantitative estimate of drug-likeness (QED) is 0.367. The smallest absolute Gasteiger partial charge is 0.416 e. The van der Waals surface area contributed by atoms with E-state index in [0.717, 1.165) is 18.2 Å². The molecule has 32 heavy (non-hydrogen) atoms. The molecule has 0 aliphatic carbocycles. The molecule has 3 rings (SSSR count). The summed E-state index contributed by atoms with van der Waals surface area (Å²) in [5.41, 5.74) is 0.391. The number of alkyl halides is 3. The van der Waals surface area contributed by atoms with Gasteiger partial charge in [0, 0.05) is 11.6 Å². The minimum Gasteiger partial charge on any atom is -0.508 e. The Bertz CT molecular complexity index is 1150. The van der Waals surface area contributed by atoms with Crippen molar-refractivity contribution >= 4 is 11.9 Å². The molecule has 5 nitrogen and oxygen atoms in total. The molecule has 0 amide bonds.